The molecular weight excluding hydrogens is 228 g/mol. The summed E-state index contributed by atoms with van der Waals surface area (Å²) in [5, 5.41) is 9.09. The molecule has 0 aliphatic rings. The zero-order valence-electron chi connectivity index (χ0n) is 10.5. The van der Waals surface area contributed by atoms with Gasteiger partial charge in [0, 0.05) is 18.0 Å². The van der Waals surface area contributed by atoms with Gasteiger partial charge < -0.3 is 10.1 Å². The van der Waals surface area contributed by atoms with Crippen molar-refractivity contribution in [2.24, 2.45) is 5.41 Å². The van der Waals surface area contributed by atoms with E-state index >= 15 is 0 Å². The van der Waals surface area contributed by atoms with Gasteiger partial charge in [-0.1, -0.05) is 24.3 Å². The number of rotatable bonds is 4. The number of aromatic amines is 1. The van der Waals surface area contributed by atoms with Gasteiger partial charge in [-0.15, -0.1) is 0 Å². The molecule has 1 heterocycles. The Bertz CT molecular complexity index is 527. The van der Waals surface area contributed by atoms with Crippen molar-refractivity contribution in [2.45, 2.75) is 20.3 Å². The SMILES string of the molecule is CC(C)(Cc1ccc(-c2ncc[nH]2)cc1)C(=O)O. The summed E-state index contributed by atoms with van der Waals surface area (Å²) in [7, 11) is 0. The fraction of sp³-hybridized carbons (Fsp3) is 0.286. The van der Waals surface area contributed by atoms with E-state index in [0.717, 1.165) is 17.0 Å². The molecule has 2 N–H and O–H groups in total. The number of benzene rings is 1. The number of nitrogens with one attached hydrogen (secondary N) is 1. The van der Waals surface area contributed by atoms with Crippen LogP contribution < -0.4 is 0 Å². The van der Waals surface area contributed by atoms with E-state index in [4.69, 9.17) is 5.11 Å². The summed E-state index contributed by atoms with van der Waals surface area (Å²) in [5.41, 5.74) is 1.27. The minimum absolute atomic E-state index is 0.515. The molecule has 1 aromatic heterocycles. The number of hydrogen-bond acceptors (Lipinski definition) is 2. The molecule has 0 saturated heterocycles. The van der Waals surface area contributed by atoms with E-state index < -0.39 is 11.4 Å². The van der Waals surface area contributed by atoms with Gasteiger partial charge in [0.1, 0.15) is 5.82 Å². The second-order valence-electron chi connectivity index (χ2n) is 5.00. The van der Waals surface area contributed by atoms with Crippen LogP contribution in [0.2, 0.25) is 0 Å². The average Bonchev–Trinajstić information content (AvgIpc) is 2.83. The van der Waals surface area contributed by atoms with Crippen molar-refractivity contribution >= 4 is 5.97 Å². The molecule has 0 bridgehead atoms. The highest BCUT2D eigenvalue weighted by molar-refractivity contribution is 5.74. The van der Waals surface area contributed by atoms with Crippen LogP contribution in [0.25, 0.3) is 11.4 Å². The van der Waals surface area contributed by atoms with Crippen LogP contribution in [0.4, 0.5) is 0 Å². The zero-order chi connectivity index (χ0) is 13.2. The highest BCUT2D eigenvalue weighted by atomic mass is 16.4. The van der Waals surface area contributed by atoms with Crippen LogP contribution in [0.1, 0.15) is 19.4 Å². The van der Waals surface area contributed by atoms with E-state index in [-0.39, 0.29) is 0 Å². The van der Waals surface area contributed by atoms with Gasteiger partial charge in [-0.3, -0.25) is 4.79 Å². The highest BCUT2D eigenvalue weighted by Crippen LogP contribution is 2.23. The Labute approximate surface area is 106 Å². The molecule has 0 atom stereocenters. The first-order valence-corrected chi connectivity index (χ1v) is 5.81. The van der Waals surface area contributed by atoms with Crippen molar-refractivity contribution in [3.05, 3.63) is 42.2 Å². The molecule has 2 rings (SSSR count). The number of hydrogen-bond donors (Lipinski definition) is 2. The summed E-state index contributed by atoms with van der Waals surface area (Å²) in [5.74, 6) is 0.0386. The van der Waals surface area contributed by atoms with E-state index in [1.807, 2.05) is 24.3 Å². The van der Waals surface area contributed by atoms with Crippen molar-refractivity contribution in [3.63, 3.8) is 0 Å². The molecule has 4 nitrogen and oxygen atoms in total. The van der Waals surface area contributed by atoms with Crippen LogP contribution in [0, 0.1) is 5.41 Å². The third-order valence-electron chi connectivity index (χ3n) is 2.95. The minimum Gasteiger partial charge on any atom is -0.481 e. The summed E-state index contributed by atoms with van der Waals surface area (Å²) in [6.45, 7) is 3.46. The van der Waals surface area contributed by atoms with Gasteiger partial charge in [0.25, 0.3) is 0 Å². The van der Waals surface area contributed by atoms with Gasteiger partial charge in [0.15, 0.2) is 0 Å². The molecule has 1 aromatic carbocycles. The Morgan fingerprint density at radius 1 is 1.33 bits per heavy atom. The maximum atomic E-state index is 11.1. The van der Waals surface area contributed by atoms with Crippen LogP contribution in [0.3, 0.4) is 0 Å². The normalized spacial score (nSPS) is 11.4. The van der Waals surface area contributed by atoms with Gasteiger partial charge in [-0.25, -0.2) is 4.98 Å². The Morgan fingerprint density at radius 2 is 2.00 bits per heavy atom. The van der Waals surface area contributed by atoms with Gasteiger partial charge in [-0.2, -0.15) is 0 Å². The minimum atomic E-state index is -0.780. The lowest BCUT2D eigenvalue weighted by atomic mass is 9.86. The van der Waals surface area contributed by atoms with Crippen molar-refractivity contribution in [3.8, 4) is 11.4 Å². The van der Waals surface area contributed by atoms with Crippen LogP contribution in [-0.2, 0) is 11.2 Å². The summed E-state index contributed by atoms with van der Waals surface area (Å²) in [6.07, 6.45) is 3.99. The standard InChI is InChI=1S/C14H16N2O2/c1-14(2,13(17)18)9-10-3-5-11(6-4-10)12-15-7-8-16-12/h3-8H,9H2,1-2H3,(H,15,16)(H,17,18). The van der Waals surface area contributed by atoms with Crippen molar-refractivity contribution in [2.75, 3.05) is 0 Å². The fourth-order valence-corrected chi connectivity index (χ4v) is 1.79. The summed E-state index contributed by atoms with van der Waals surface area (Å²) < 4.78 is 0. The van der Waals surface area contributed by atoms with Crippen LogP contribution >= 0.6 is 0 Å². The third kappa shape index (κ3) is 2.59. The molecule has 0 spiro atoms. The number of carboxylic acids is 1. The first-order valence-electron chi connectivity index (χ1n) is 5.81. The van der Waals surface area contributed by atoms with Crippen LogP contribution in [0.15, 0.2) is 36.7 Å². The summed E-state index contributed by atoms with van der Waals surface area (Å²) in [6, 6.07) is 7.79. The number of carboxylic acid groups (broad SMARTS) is 1. The maximum Gasteiger partial charge on any atom is 0.309 e. The van der Waals surface area contributed by atoms with Crippen molar-refractivity contribution in [1.82, 2.24) is 9.97 Å². The molecule has 18 heavy (non-hydrogen) atoms. The van der Waals surface area contributed by atoms with E-state index in [2.05, 4.69) is 9.97 Å². The molecule has 0 unspecified atom stereocenters. The number of aliphatic carboxylic acids is 1. The lowest BCUT2D eigenvalue weighted by molar-refractivity contribution is -0.146. The predicted octanol–water partition coefficient (Wildman–Crippen LogP) is 2.73. The highest BCUT2D eigenvalue weighted by Gasteiger charge is 2.27. The Hall–Kier alpha value is -2.10. The number of imidazole rings is 1. The van der Waals surface area contributed by atoms with Crippen molar-refractivity contribution in [1.29, 1.82) is 0 Å². The Kier molecular flexibility index (Phi) is 3.19. The molecule has 4 heteroatoms. The molecule has 0 aliphatic heterocycles. The average molecular weight is 244 g/mol. The zero-order valence-corrected chi connectivity index (χ0v) is 10.5. The summed E-state index contributed by atoms with van der Waals surface area (Å²) >= 11 is 0. The number of aromatic nitrogens is 2. The van der Waals surface area contributed by atoms with Gasteiger partial charge in [-0.05, 0) is 25.8 Å². The molecule has 0 amide bonds. The molecule has 0 radical (unpaired) electrons. The second-order valence-corrected chi connectivity index (χ2v) is 5.00. The smallest absolute Gasteiger partial charge is 0.309 e. The Morgan fingerprint density at radius 3 is 2.50 bits per heavy atom. The van der Waals surface area contributed by atoms with Crippen LogP contribution in [-0.4, -0.2) is 21.0 Å². The summed E-state index contributed by atoms with van der Waals surface area (Å²) in [4.78, 5) is 18.3. The van der Waals surface area contributed by atoms with Gasteiger partial charge in [0.05, 0.1) is 5.41 Å². The molecule has 0 saturated carbocycles. The van der Waals surface area contributed by atoms with E-state index in [1.54, 1.807) is 26.2 Å². The Balaban J connectivity index is 2.16. The maximum absolute atomic E-state index is 11.1. The van der Waals surface area contributed by atoms with E-state index in [0.29, 0.717) is 6.42 Å². The molecular formula is C14H16N2O2. The lowest BCUT2D eigenvalue weighted by Crippen LogP contribution is -2.26. The quantitative estimate of drug-likeness (QED) is 0.869. The number of carbonyl (C=O) groups is 1. The monoisotopic (exact) mass is 244 g/mol. The number of nitrogens with zero attached hydrogens (tertiary/aromatic N) is 1. The largest absolute Gasteiger partial charge is 0.481 e. The van der Waals surface area contributed by atoms with Gasteiger partial charge in [0.2, 0.25) is 0 Å². The molecule has 0 fully saturated rings. The molecule has 0 aliphatic carbocycles. The fourth-order valence-electron chi connectivity index (χ4n) is 1.79. The lowest BCUT2D eigenvalue weighted by Gasteiger charge is -2.18. The predicted molar refractivity (Wildman–Crippen MR) is 69.1 cm³/mol. The second kappa shape index (κ2) is 4.64. The van der Waals surface area contributed by atoms with Crippen molar-refractivity contribution < 1.29 is 9.90 Å². The molecule has 2 aromatic rings. The van der Waals surface area contributed by atoms with Crippen LogP contribution in [0.5, 0.6) is 0 Å². The van der Waals surface area contributed by atoms with E-state index in [1.165, 1.54) is 0 Å². The third-order valence-corrected chi connectivity index (χ3v) is 2.95. The topological polar surface area (TPSA) is 66.0 Å². The first kappa shape index (κ1) is 12.4. The van der Waals surface area contributed by atoms with Gasteiger partial charge >= 0.3 is 5.97 Å². The molecule has 94 valence electrons. The van der Waals surface area contributed by atoms with E-state index in [9.17, 15) is 4.79 Å². The number of H-pyrrole nitrogens is 1. The first-order chi connectivity index (χ1) is 8.49.